The van der Waals surface area contributed by atoms with E-state index in [0.29, 0.717) is 28.4 Å². The monoisotopic (exact) mass is 450 g/mol. The Bertz CT molecular complexity index is 1220. The molecule has 3 aromatic rings. The number of nitrogens with two attached hydrogens (primary N) is 1. The molecule has 176 valence electrons. The molecule has 4 rings (SSSR count). The lowest BCUT2D eigenvalue weighted by molar-refractivity contribution is 0.0322. The summed E-state index contributed by atoms with van der Waals surface area (Å²) in [6.45, 7) is 13.0. The van der Waals surface area contributed by atoms with Crippen LogP contribution in [0.2, 0.25) is 0 Å². The normalized spacial score (nSPS) is 14.9. The van der Waals surface area contributed by atoms with E-state index in [-0.39, 0.29) is 5.56 Å². The standard InChI is InChI=1S/C24H28N4O3.C2H6/c1-17-20-16-19(31-15-12-28-10-13-30-14-11-28)8-9-21(20)26-24(29)22(17)23(25)27(2)18-6-4-3-5-7-18;1-2/h3-9,16H,1,10-15,25H2,2H3,(H,26,29);1-2H3/b23-22+;. The fraction of sp³-hybridized carbons (Fsp3) is 0.346. The Kier molecular flexibility index (Phi) is 8.52. The van der Waals surface area contributed by atoms with Gasteiger partial charge < -0.3 is 25.1 Å². The van der Waals surface area contributed by atoms with Crippen LogP contribution >= 0.6 is 0 Å². The molecule has 2 heterocycles. The van der Waals surface area contributed by atoms with Crippen LogP contribution < -0.4 is 31.4 Å². The third-order valence-corrected chi connectivity index (χ3v) is 5.63. The average molecular weight is 451 g/mol. The molecule has 1 aromatic heterocycles. The molecule has 0 amide bonds. The quantitative estimate of drug-likeness (QED) is 0.596. The van der Waals surface area contributed by atoms with Crippen LogP contribution in [0.15, 0.2) is 53.3 Å². The molecule has 0 aliphatic carbocycles. The number of fused-ring (bicyclic) bond motifs is 1. The van der Waals surface area contributed by atoms with Crippen molar-refractivity contribution in [3.8, 4) is 5.75 Å². The molecular formula is C26H34N4O3. The van der Waals surface area contributed by atoms with Gasteiger partial charge in [0.05, 0.1) is 18.4 Å². The summed E-state index contributed by atoms with van der Waals surface area (Å²) < 4.78 is 11.3. The van der Waals surface area contributed by atoms with Gasteiger partial charge in [0.15, 0.2) is 0 Å². The second kappa shape index (κ2) is 11.5. The highest BCUT2D eigenvalue weighted by molar-refractivity contribution is 5.81. The number of nitrogens with one attached hydrogen (secondary N) is 1. The lowest BCUT2D eigenvalue weighted by atomic mass is 10.1. The first-order valence-electron chi connectivity index (χ1n) is 11.4. The molecule has 0 bridgehead atoms. The second-order valence-electron chi connectivity index (χ2n) is 7.60. The Hall–Kier alpha value is -3.29. The Morgan fingerprint density at radius 2 is 1.88 bits per heavy atom. The molecule has 2 aromatic carbocycles. The molecule has 1 fully saturated rings. The summed E-state index contributed by atoms with van der Waals surface area (Å²) in [4.78, 5) is 19.8. The second-order valence-corrected chi connectivity index (χ2v) is 7.60. The van der Waals surface area contributed by atoms with Crippen LogP contribution in [-0.4, -0.2) is 56.4 Å². The van der Waals surface area contributed by atoms with Crippen molar-refractivity contribution >= 4 is 29.0 Å². The van der Waals surface area contributed by atoms with E-state index < -0.39 is 0 Å². The number of ether oxygens (including phenoxy) is 2. The highest BCUT2D eigenvalue weighted by atomic mass is 16.5. The molecule has 3 N–H and O–H groups in total. The molecule has 0 unspecified atom stereocenters. The predicted molar refractivity (Wildman–Crippen MR) is 136 cm³/mol. The fourth-order valence-corrected chi connectivity index (χ4v) is 3.78. The minimum atomic E-state index is -0.265. The zero-order valence-electron chi connectivity index (χ0n) is 19.8. The van der Waals surface area contributed by atoms with Gasteiger partial charge in [-0.2, -0.15) is 0 Å². The summed E-state index contributed by atoms with van der Waals surface area (Å²) in [6, 6.07) is 15.3. The van der Waals surface area contributed by atoms with Crippen LogP contribution in [0, 0.1) is 0 Å². The number of rotatable bonds is 6. The molecule has 0 radical (unpaired) electrons. The maximum Gasteiger partial charge on any atom is 0.259 e. The van der Waals surface area contributed by atoms with E-state index >= 15 is 0 Å². The smallest absolute Gasteiger partial charge is 0.259 e. The number of hydrogen-bond donors (Lipinski definition) is 2. The third-order valence-electron chi connectivity index (χ3n) is 5.63. The molecule has 7 nitrogen and oxygen atoms in total. The van der Waals surface area contributed by atoms with Gasteiger partial charge in [0.2, 0.25) is 0 Å². The van der Waals surface area contributed by atoms with Gasteiger partial charge in [0, 0.05) is 43.3 Å². The van der Waals surface area contributed by atoms with E-state index in [1.165, 1.54) is 0 Å². The van der Waals surface area contributed by atoms with Crippen LogP contribution in [0.4, 0.5) is 5.69 Å². The van der Waals surface area contributed by atoms with E-state index in [1.54, 1.807) is 4.90 Å². The lowest BCUT2D eigenvalue weighted by Crippen LogP contribution is -2.47. The topological polar surface area (TPSA) is 83.8 Å². The van der Waals surface area contributed by atoms with Crippen molar-refractivity contribution in [3.63, 3.8) is 0 Å². The number of nitrogens with zero attached hydrogens (tertiary/aromatic N) is 2. The van der Waals surface area contributed by atoms with Gasteiger partial charge in [-0.1, -0.05) is 38.6 Å². The molecule has 1 aliphatic heterocycles. The molecule has 0 saturated carbocycles. The van der Waals surface area contributed by atoms with Crippen LogP contribution in [0.25, 0.3) is 23.3 Å². The highest BCUT2D eigenvalue weighted by Crippen LogP contribution is 2.16. The fourth-order valence-electron chi connectivity index (χ4n) is 3.78. The van der Waals surface area contributed by atoms with Crippen molar-refractivity contribution in [3.05, 3.63) is 69.3 Å². The van der Waals surface area contributed by atoms with Crippen molar-refractivity contribution in [2.45, 2.75) is 13.8 Å². The number of morpholine rings is 1. The third kappa shape index (κ3) is 5.74. The van der Waals surface area contributed by atoms with Crippen LogP contribution in [-0.2, 0) is 4.74 Å². The van der Waals surface area contributed by atoms with Crippen molar-refractivity contribution in [1.82, 2.24) is 9.88 Å². The van der Waals surface area contributed by atoms with Gasteiger partial charge in [-0.25, -0.2) is 0 Å². The van der Waals surface area contributed by atoms with Crippen molar-refractivity contribution in [2.75, 3.05) is 51.4 Å². The average Bonchev–Trinajstić information content (AvgIpc) is 2.86. The van der Waals surface area contributed by atoms with Crippen molar-refractivity contribution in [2.24, 2.45) is 5.73 Å². The Morgan fingerprint density at radius 1 is 1.18 bits per heavy atom. The van der Waals surface area contributed by atoms with Crippen LogP contribution in [0.3, 0.4) is 0 Å². The Morgan fingerprint density at radius 3 is 2.58 bits per heavy atom. The maximum atomic E-state index is 12.8. The van der Waals surface area contributed by atoms with Crippen LogP contribution in [0.5, 0.6) is 5.75 Å². The maximum absolute atomic E-state index is 12.8. The molecular weight excluding hydrogens is 416 g/mol. The van der Waals surface area contributed by atoms with Gasteiger partial charge in [-0.15, -0.1) is 0 Å². The van der Waals surface area contributed by atoms with Gasteiger partial charge in [0.25, 0.3) is 5.56 Å². The van der Waals surface area contributed by atoms with E-state index in [0.717, 1.165) is 49.7 Å². The highest BCUT2D eigenvalue weighted by Gasteiger charge is 2.11. The lowest BCUT2D eigenvalue weighted by Gasteiger charge is -2.26. The van der Waals surface area contributed by atoms with Gasteiger partial charge in [-0.05, 0) is 35.6 Å². The van der Waals surface area contributed by atoms with E-state index in [4.69, 9.17) is 15.2 Å². The van der Waals surface area contributed by atoms with Crippen molar-refractivity contribution < 1.29 is 9.47 Å². The largest absolute Gasteiger partial charge is 0.492 e. The van der Waals surface area contributed by atoms with E-state index in [9.17, 15) is 4.79 Å². The summed E-state index contributed by atoms with van der Waals surface area (Å²) in [6.07, 6.45) is 0. The first-order chi connectivity index (χ1) is 16.0. The number of para-hydroxylation sites is 1. The van der Waals surface area contributed by atoms with Gasteiger partial charge in [-0.3, -0.25) is 9.69 Å². The Labute approximate surface area is 194 Å². The number of aromatic amines is 1. The van der Waals surface area contributed by atoms with E-state index in [2.05, 4.69) is 16.5 Å². The first-order valence-corrected chi connectivity index (χ1v) is 11.4. The SMILES string of the molecule is C=c1/c(=C(/N)N(C)c2ccccc2)c(=O)[nH]c2ccc(OCCN3CCOCC3)cc12.CC. The first kappa shape index (κ1) is 24.4. The number of H-pyrrole nitrogens is 1. The zero-order valence-corrected chi connectivity index (χ0v) is 19.8. The zero-order chi connectivity index (χ0) is 23.8. The number of anilines is 1. The summed E-state index contributed by atoms with van der Waals surface area (Å²) in [5.41, 5.74) is 7.73. The van der Waals surface area contributed by atoms with Gasteiger partial charge in [0.1, 0.15) is 18.2 Å². The van der Waals surface area contributed by atoms with Crippen LogP contribution in [0.1, 0.15) is 13.8 Å². The van der Waals surface area contributed by atoms with E-state index in [1.807, 2.05) is 69.4 Å². The number of benzene rings is 2. The molecule has 7 heteroatoms. The minimum absolute atomic E-state index is 0.265. The summed E-state index contributed by atoms with van der Waals surface area (Å²) >= 11 is 0. The molecule has 0 spiro atoms. The Balaban J connectivity index is 0.00000149. The molecule has 1 saturated heterocycles. The number of hydrogen-bond acceptors (Lipinski definition) is 6. The minimum Gasteiger partial charge on any atom is -0.492 e. The molecule has 1 aliphatic rings. The predicted octanol–water partition coefficient (Wildman–Crippen LogP) is 1.84. The summed E-state index contributed by atoms with van der Waals surface area (Å²) in [7, 11) is 1.83. The van der Waals surface area contributed by atoms with Crippen molar-refractivity contribution in [1.29, 1.82) is 0 Å². The summed E-state index contributed by atoms with van der Waals surface area (Å²) in [5.74, 6) is 1.08. The van der Waals surface area contributed by atoms with Gasteiger partial charge >= 0.3 is 0 Å². The molecule has 33 heavy (non-hydrogen) atoms. The number of aromatic nitrogens is 1. The molecule has 0 atom stereocenters. The summed E-state index contributed by atoms with van der Waals surface area (Å²) in [5, 5.41) is 1.75. The number of pyridine rings is 1.